The lowest BCUT2D eigenvalue weighted by molar-refractivity contribution is 0.102. The van der Waals surface area contributed by atoms with Crippen molar-refractivity contribution in [2.45, 2.75) is 0 Å². The molecule has 4 aromatic rings. The largest absolute Gasteiger partial charge is 0.322 e. The number of halogens is 2. The summed E-state index contributed by atoms with van der Waals surface area (Å²) in [7, 11) is 0. The Balaban J connectivity index is 1.63. The Kier molecular flexibility index (Phi) is 5.23. The first-order valence-corrected chi connectivity index (χ1v) is 10.8. The van der Waals surface area contributed by atoms with E-state index in [1.807, 2.05) is 60.7 Å². The molecule has 3 nitrogen and oxygen atoms in total. The summed E-state index contributed by atoms with van der Waals surface area (Å²) in [6.45, 7) is 0. The summed E-state index contributed by atoms with van der Waals surface area (Å²) in [6, 6.07) is 21.8. The zero-order valence-electron chi connectivity index (χ0n) is 13.4. The second-order valence-electron chi connectivity index (χ2n) is 5.65. The summed E-state index contributed by atoms with van der Waals surface area (Å²) in [5.74, 6) is -0.102. The van der Waals surface area contributed by atoms with Gasteiger partial charge in [0.25, 0.3) is 5.91 Å². The second-order valence-corrected chi connectivity index (χ2v) is 9.08. The average molecular weight is 582 g/mol. The van der Waals surface area contributed by atoms with Crippen molar-refractivity contribution in [3.05, 3.63) is 79.4 Å². The molecular weight excluding hydrogens is 570 g/mol. The van der Waals surface area contributed by atoms with E-state index in [0.29, 0.717) is 5.56 Å². The zero-order valence-corrected chi connectivity index (χ0v) is 18.5. The number of thiazole rings is 1. The fraction of sp³-hybridized carbons (Fsp3) is 0. The number of carbonyl (C=O) groups excluding carboxylic acids is 1. The standard InChI is InChI=1S/C20H12I2N2OS/c21-13-8-9-16(22)15(11-13)19(25)23-14-5-3-4-12(10-14)20-24-17-6-1-2-7-18(17)26-20/h1-11H,(H,23,25). The summed E-state index contributed by atoms with van der Waals surface area (Å²) in [4.78, 5) is 17.3. The Hall–Kier alpha value is -1.52. The summed E-state index contributed by atoms with van der Waals surface area (Å²) >= 11 is 6.05. The molecule has 0 fully saturated rings. The van der Waals surface area contributed by atoms with Crippen molar-refractivity contribution in [3.8, 4) is 10.6 Å². The molecular formula is C20H12I2N2OS. The molecule has 4 rings (SSSR count). The number of hydrogen-bond donors (Lipinski definition) is 1. The minimum absolute atomic E-state index is 0.102. The number of para-hydroxylation sites is 1. The van der Waals surface area contributed by atoms with Gasteiger partial charge in [0.15, 0.2) is 0 Å². The number of rotatable bonds is 3. The minimum Gasteiger partial charge on any atom is -0.322 e. The maximum Gasteiger partial charge on any atom is 0.256 e. The molecule has 0 aliphatic rings. The molecule has 0 saturated heterocycles. The molecule has 1 aromatic heterocycles. The number of hydrogen-bond acceptors (Lipinski definition) is 3. The molecule has 0 spiro atoms. The van der Waals surface area contributed by atoms with Crippen LogP contribution in [-0.2, 0) is 0 Å². The SMILES string of the molecule is O=C(Nc1cccc(-c2nc3ccccc3s2)c1)c1cc(I)ccc1I. The normalized spacial score (nSPS) is 10.8. The van der Waals surface area contributed by atoms with E-state index in [0.717, 1.165) is 33.6 Å². The van der Waals surface area contributed by atoms with Gasteiger partial charge in [-0.2, -0.15) is 0 Å². The Bertz CT molecular complexity index is 1090. The molecule has 1 N–H and O–H groups in total. The highest BCUT2D eigenvalue weighted by atomic mass is 127. The maximum absolute atomic E-state index is 12.6. The van der Waals surface area contributed by atoms with Gasteiger partial charge in [0.1, 0.15) is 5.01 Å². The topological polar surface area (TPSA) is 42.0 Å². The molecule has 0 radical (unpaired) electrons. The van der Waals surface area contributed by atoms with Crippen LogP contribution in [0.15, 0.2) is 66.7 Å². The van der Waals surface area contributed by atoms with Crippen molar-refractivity contribution in [1.29, 1.82) is 0 Å². The van der Waals surface area contributed by atoms with E-state index in [9.17, 15) is 4.79 Å². The van der Waals surface area contributed by atoms with Gasteiger partial charge >= 0.3 is 0 Å². The number of fused-ring (bicyclic) bond motifs is 1. The monoisotopic (exact) mass is 582 g/mol. The number of anilines is 1. The molecule has 26 heavy (non-hydrogen) atoms. The van der Waals surface area contributed by atoms with Gasteiger partial charge in [-0.3, -0.25) is 4.79 Å². The number of carbonyl (C=O) groups is 1. The molecule has 0 saturated carbocycles. The molecule has 0 aliphatic carbocycles. The highest BCUT2D eigenvalue weighted by Gasteiger charge is 2.12. The molecule has 128 valence electrons. The molecule has 3 aromatic carbocycles. The van der Waals surface area contributed by atoms with Gasteiger partial charge in [-0.1, -0.05) is 24.3 Å². The van der Waals surface area contributed by atoms with E-state index in [1.54, 1.807) is 11.3 Å². The Morgan fingerprint density at radius 3 is 2.65 bits per heavy atom. The van der Waals surface area contributed by atoms with Crippen LogP contribution in [0.5, 0.6) is 0 Å². The van der Waals surface area contributed by atoms with E-state index in [-0.39, 0.29) is 5.91 Å². The van der Waals surface area contributed by atoms with Crippen LogP contribution >= 0.6 is 56.5 Å². The highest BCUT2D eigenvalue weighted by molar-refractivity contribution is 14.1. The lowest BCUT2D eigenvalue weighted by Crippen LogP contribution is -2.13. The van der Waals surface area contributed by atoms with Crippen molar-refractivity contribution in [2.75, 3.05) is 5.32 Å². The van der Waals surface area contributed by atoms with E-state index < -0.39 is 0 Å². The second kappa shape index (κ2) is 7.61. The molecule has 0 atom stereocenters. The Morgan fingerprint density at radius 1 is 0.962 bits per heavy atom. The Labute approximate surface area is 182 Å². The van der Waals surface area contributed by atoms with E-state index in [2.05, 4.69) is 56.6 Å². The number of nitrogens with zero attached hydrogens (tertiary/aromatic N) is 1. The van der Waals surface area contributed by atoms with Gasteiger partial charge in [0, 0.05) is 18.4 Å². The molecule has 0 bridgehead atoms. The fourth-order valence-corrected chi connectivity index (χ4v) is 4.63. The number of nitrogens with one attached hydrogen (secondary N) is 1. The summed E-state index contributed by atoms with van der Waals surface area (Å²) in [5.41, 5.74) is 3.45. The molecule has 0 unspecified atom stereocenters. The van der Waals surface area contributed by atoms with Crippen molar-refractivity contribution in [1.82, 2.24) is 4.98 Å². The van der Waals surface area contributed by atoms with Crippen LogP contribution < -0.4 is 5.32 Å². The first-order chi connectivity index (χ1) is 12.6. The quantitative estimate of drug-likeness (QED) is 0.284. The minimum atomic E-state index is -0.102. The van der Waals surface area contributed by atoms with Crippen LogP contribution in [0.1, 0.15) is 10.4 Å². The summed E-state index contributed by atoms with van der Waals surface area (Å²) in [6.07, 6.45) is 0. The van der Waals surface area contributed by atoms with Gasteiger partial charge in [-0.05, 0) is 87.6 Å². The smallest absolute Gasteiger partial charge is 0.256 e. The predicted molar refractivity (Wildman–Crippen MR) is 125 cm³/mol. The summed E-state index contributed by atoms with van der Waals surface area (Å²) < 4.78 is 3.13. The lowest BCUT2D eigenvalue weighted by Gasteiger charge is -2.08. The first kappa shape index (κ1) is 17.9. The number of benzene rings is 3. The van der Waals surface area contributed by atoms with Gasteiger partial charge in [-0.15, -0.1) is 11.3 Å². The number of aromatic nitrogens is 1. The average Bonchev–Trinajstić information content (AvgIpc) is 3.08. The van der Waals surface area contributed by atoms with Crippen LogP contribution in [0.3, 0.4) is 0 Å². The van der Waals surface area contributed by atoms with Crippen LogP contribution in [-0.4, -0.2) is 10.9 Å². The van der Waals surface area contributed by atoms with E-state index in [1.165, 1.54) is 0 Å². The fourth-order valence-electron chi connectivity index (χ4n) is 2.60. The van der Waals surface area contributed by atoms with Gasteiger partial charge < -0.3 is 5.32 Å². The highest BCUT2D eigenvalue weighted by Crippen LogP contribution is 2.31. The molecule has 1 amide bonds. The van der Waals surface area contributed by atoms with Gasteiger partial charge in [-0.25, -0.2) is 4.98 Å². The third kappa shape index (κ3) is 3.77. The van der Waals surface area contributed by atoms with Gasteiger partial charge in [0.05, 0.1) is 15.8 Å². The zero-order chi connectivity index (χ0) is 18.1. The number of amides is 1. The van der Waals surface area contributed by atoms with Crippen molar-refractivity contribution >= 4 is 78.3 Å². The Morgan fingerprint density at radius 2 is 1.81 bits per heavy atom. The van der Waals surface area contributed by atoms with Crippen molar-refractivity contribution < 1.29 is 4.79 Å². The van der Waals surface area contributed by atoms with E-state index >= 15 is 0 Å². The van der Waals surface area contributed by atoms with Crippen molar-refractivity contribution in [2.24, 2.45) is 0 Å². The van der Waals surface area contributed by atoms with Crippen LogP contribution in [0, 0.1) is 7.14 Å². The third-order valence-electron chi connectivity index (χ3n) is 3.83. The molecule has 6 heteroatoms. The first-order valence-electron chi connectivity index (χ1n) is 7.82. The van der Waals surface area contributed by atoms with Crippen LogP contribution in [0.2, 0.25) is 0 Å². The van der Waals surface area contributed by atoms with Crippen LogP contribution in [0.25, 0.3) is 20.8 Å². The third-order valence-corrected chi connectivity index (χ3v) is 6.53. The molecule has 0 aliphatic heterocycles. The molecule has 1 heterocycles. The maximum atomic E-state index is 12.6. The van der Waals surface area contributed by atoms with Crippen LogP contribution in [0.4, 0.5) is 5.69 Å². The lowest BCUT2D eigenvalue weighted by atomic mass is 10.2. The predicted octanol–water partition coefficient (Wildman–Crippen LogP) is 6.42. The summed E-state index contributed by atoms with van der Waals surface area (Å²) in [5, 5.41) is 3.95. The van der Waals surface area contributed by atoms with Gasteiger partial charge in [0.2, 0.25) is 0 Å². The van der Waals surface area contributed by atoms with E-state index in [4.69, 9.17) is 4.98 Å². The van der Waals surface area contributed by atoms with Crippen molar-refractivity contribution in [3.63, 3.8) is 0 Å².